The van der Waals surface area contributed by atoms with Gasteiger partial charge in [-0.3, -0.25) is 4.90 Å². The molecule has 0 aliphatic carbocycles. The van der Waals surface area contributed by atoms with Crippen molar-refractivity contribution in [2.75, 3.05) is 30.7 Å². The van der Waals surface area contributed by atoms with Gasteiger partial charge in [-0.25, -0.2) is 0 Å². The third-order valence-electron chi connectivity index (χ3n) is 3.38. The number of nitrogens with two attached hydrogens (primary N) is 1. The van der Waals surface area contributed by atoms with Crippen LogP contribution in [0.2, 0.25) is 5.02 Å². The van der Waals surface area contributed by atoms with Crippen LogP contribution in [0.15, 0.2) is 18.2 Å². The summed E-state index contributed by atoms with van der Waals surface area (Å²) < 4.78 is 0. The minimum absolute atomic E-state index is 0.521. The Bertz CT molecular complexity index is 355. The minimum atomic E-state index is 0.521. The summed E-state index contributed by atoms with van der Waals surface area (Å²) in [5.74, 6) is 0. The van der Waals surface area contributed by atoms with Crippen LogP contribution in [0.1, 0.15) is 19.8 Å². The van der Waals surface area contributed by atoms with Gasteiger partial charge in [0, 0.05) is 12.6 Å². The number of para-hydroxylation sites is 1. The average Bonchev–Trinajstić information content (AvgIpc) is 2.81. The summed E-state index contributed by atoms with van der Waals surface area (Å²) in [6.07, 6.45) is 2.64. The lowest BCUT2D eigenvalue weighted by Gasteiger charge is -2.24. The molecule has 1 atom stereocenters. The van der Waals surface area contributed by atoms with Crippen LogP contribution in [0.4, 0.5) is 11.4 Å². The molecule has 1 fully saturated rings. The Morgan fingerprint density at radius 1 is 1.41 bits per heavy atom. The summed E-state index contributed by atoms with van der Waals surface area (Å²) in [6.45, 7) is 5.54. The Hall–Kier alpha value is -0.930. The standard InChI is InChI=1S/C13H20ClN3/c1-10(17-7-2-3-8-17)9-16-13-11(14)5-4-6-12(13)15/h4-6,10,16H,2-3,7-9,15H2,1H3. The fraction of sp³-hybridized carbons (Fsp3) is 0.538. The van der Waals surface area contributed by atoms with E-state index in [4.69, 9.17) is 17.3 Å². The Labute approximate surface area is 108 Å². The van der Waals surface area contributed by atoms with Gasteiger partial charge >= 0.3 is 0 Å². The second-order valence-electron chi connectivity index (χ2n) is 4.68. The molecule has 0 amide bonds. The number of nitrogen functional groups attached to an aromatic ring is 1. The number of nitrogens with zero attached hydrogens (tertiary/aromatic N) is 1. The molecule has 0 radical (unpaired) electrons. The smallest absolute Gasteiger partial charge is 0.0763 e. The van der Waals surface area contributed by atoms with Crippen LogP contribution in [0.3, 0.4) is 0 Å². The monoisotopic (exact) mass is 253 g/mol. The maximum absolute atomic E-state index is 6.12. The van der Waals surface area contributed by atoms with Gasteiger partial charge in [0.2, 0.25) is 0 Å². The van der Waals surface area contributed by atoms with E-state index in [1.165, 1.54) is 25.9 Å². The molecule has 1 saturated heterocycles. The molecule has 3 nitrogen and oxygen atoms in total. The van der Waals surface area contributed by atoms with E-state index in [1.807, 2.05) is 18.2 Å². The van der Waals surface area contributed by atoms with Crippen molar-refractivity contribution in [2.45, 2.75) is 25.8 Å². The maximum atomic E-state index is 6.12. The lowest BCUT2D eigenvalue weighted by molar-refractivity contribution is 0.269. The normalized spacial score (nSPS) is 18.2. The van der Waals surface area contributed by atoms with E-state index in [-0.39, 0.29) is 0 Å². The van der Waals surface area contributed by atoms with E-state index in [9.17, 15) is 0 Å². The number of hydrogen-bond acceptors (Lipinski definition) is 3. The number of anilines is 2. The van der Waals surface area contributed by atoms with Gasteiger partial charge in [0.25, 0.3) is 0 Å². The first-order valence-electron chi connectivity index (χ1n) is 6.20. The van der Waals surface area contributed by atoms with E-state index in [0.717, 1.165) is 12.2 Å². The molecule has 3 N–H and O–H groups in total. The molecular formula is C13H20ClN3. The molecule has 1 aliphatic heterocycles. The molecular weight excluding hydrogens is 234 g/mol. The Balaban J connectivity index is 1.92. The quantitative estimate of drug-likeness (QED) is 0.811. The Kier molecular flexibility index (Phi) is 4.13. The summed E-state index contributed by atoms with van der Waals surface area (Å²) in [4.78, 5) is 2.50. The third kappa shape index (κ3) is 3.05. The Morgan fingerprint density at radius 3 is 2.76 bits per heavy atom. The first-order chi connectivity index (χ1) is 8.18. The number of hydrogen-bond donors (Lipinski definition) is 2. The number of rotatable bonds is 4. The van der Waals surface area contributed by atoms with Gasteiger partial charge in [-0.1, -0.05) is 17.7 Å². The van der Waals surface area contributed by atoms with Crippen LogP contribution < -0.4 is 11.1 Å². The van der Waals surface area contributed by atoms with Crippen molar-refractivity contribution >= 4 is 23.0 Å². The predicted octanol–water partition coefficient (Wildman–Crippen LogP) is 2.82. The van der Waals surface area contributed by atoms with Gasteiger partial charge in [0.05, 0.1) is 16.4 Å². The van der Waals surface area contributed by atoms with Crippen molar-refractivity contribution in [2.24, 2.45) is 0 Å². The van der Waals surface area contributed by atoms with E-state index < -0.39 is 0 Å². The molecule has 1 aromatic rings. The predicted molar refractivity (Wildman–Crippen MR) is 74.6 cm³/mol. The zero-order valence-corrected chi connectivity index (χ0v) is 11.0. The molecule has 1 unspecified atom stereocenters. The number of benzene rings is 1. The largest absolute Gasteiger partial charge is 0.397 e. The highest BCUT2D eigenvalue weighted by Gasteiger charge is 2.18. The van der Waals surface area contributed by atoms with Crippen molar-refractivity contribution in [1.29, 1.82) is 0 Å². The van der Waals surface area contributed by atoms with Crippen LogP contribution in [-0.2, 0) is 0 Å². The van der Waals surface area contributed by atoms with Gasteiger partial charge in [-0.15, -0.1) is 0 Å². The van der Waals surface area contributed by atoms with E-state index in [2.05, 4.69) is 17.1 Å². The molecule has 0 aromatic heterocycles. The molecule has 17 heavy (non-hydrogen) atoms. The number of halogens is 1. The fourth-order valence-corrected chi connectivity index (χ4v) is 2.54. The molecule has 1 aromatic carbocycles. The van der Waals surface area contributed by atoms with E-state index >= 15 is 0 Å². The first-order valence-corrected chi connectivity index (χ1v) is 6.58. The van der Waals surface area contributed by atoms with Crippen LogP contribution in [0.5, 0.6) is 0 Å². The molecule has 0 saturated carbocycles. The highest BCUT2D eigenvalue weighted by atomic mass is 35.5. The summed E-state index contributed by atoms with van der Waals surface area (Å²) in [5.41, 5.74) is 7.48. The van der Waals surface area contributed by atoms with Crippen LogP contribution in [0, 0.1) is 0 Å². The van der Waals surface area contributed by atoms with Crippen LogP contribution in [0.25, 0.3) is 0 Å². The van der Waals surface area contributed by atoms with Crippen molar-refractivity contribution in [3.05, 3.63) is 23.2 Å². The zero-order valence-electron chi connectivity index (χ0n) is 10.2. The van der Waals surface area contributed by atoms with Crippen molar-refractivity contribution < 1.29 is 0 Å². The van der Waals surface area contributed by atoms with E-state index in [0.29, 0.717) is 16.8 Å². The summed E-state index contributed by atoms with van der Waals surface area (Å²) in [5, 5.41) is 4.05. The highest BCUT2D eigenvalue weighted by Crippen LogP contribution is 2.27. The average molecular weight is 254 g/mol. The molecule has 1 aliphatic rings. The fourth-order valence-electron chi connectivity index (χ4n) is 2.29. The van der Waals surface area contributed by atoms with Gasteiger partial charge < -0.3 is 11.1 Å². The molecule has 1 heterocycles. The Morgan fingerprint density at radius 2 is 2.12 bits per heavy atom. The van der Waals surface area contributed by atoms with Gasteiger partial charge in [0.15, 0.2) is 0 Å². The molecule has 0 spiro atoms. The molecule has 0 bridgehead atoms. The first kappa shape index (κ1) is 12.5. The van der Waals surface area contributed by atoms with Crippen molar-refractivity contribution in [3.63, 3.8) is 0 Å². The molecule has 4 heteroatoms. The summed E-state index contributed by atoms with van der Waals surface area (Å²) >= 11 is 6.12. The van der Waals surface area contributed by atoms with Gasteiger partial charge in [-0.05, 0) is 45.0 Å². The summed E-state index contributed by atoms with van der Waals surface area (Å²) in [6, 6.07) is 6.12. The lowest BCUT2D eigenvalue weighted by atomic mass is 10.2. The van der Waals surface area contributed by atoms with E-state index in [1.54, 1.807) is 0 Å². The highest BCUT2D eigenvalue weighted by molar-refractivity contribution is 6.33. The second kappa shape index (κ2) is 5.61. The van der Waals surface area contributed by atoms with Crippen molar-refractivity contribution in [3.8, 4) is 0 Å². The SMILES string of the molecule is CC(CNc1c(N)cccc1Cl)N1CCCC1. The van der Waals surface area contributed by atoms with Gasteiger partial charge in [-0.2, -0.15) is 0 Å². The second-order valence-corrected chi connectivity index (χ2v) is 5.08. The minimum Gasteiger partial charge on any atom is -0.397 e. The van der Waals surface area contributed by atoms with Gasteiger partial charge in [0.1, 0.15) is 0 Å². The number of nitrogens with one attached hydrogen (secondary N) is 1. The topological polar surface area (TPSA) is 41.3 Å². The number of likely N-dealkylation sites (tertiary alicyclic amines) is 1. The summed E-state index contributed by atoms with van der Waals surface area (Å²) in [7, 11) is 0. The zero-order chi connectivity index (χ0) is 12.3. The maximum Gasteiger partial charge on any atom is 0.0763 e. The lowest BCUT2D eigenvalue weighted by Crippen LogP contribution is -2.35. The molecule has 2 rings (SSSR count). The van der Waals surface area contributed by atoms with Crippen LogP contribution in [-0.4, -0.2) is 30.6 Å². The van der Waals surface area contributed by atoms with Crippen molar-refractivity contribution in [1.82, 2.24) is 4.90 Å². The van der Waals surface area contributed by atoms with Crippen LogP contribution >= 0.6 is 11.6 Å². The molecule has 94 valence electrons. The third-order valence-corrected chi connectivity index (χ3v) is 3.70.